The molecule has 2 atom stereocenters. The summed E-state index contributed by atoms with van der Waals surface area (Å²) in [6.07, 6.45) is 0.201. The molecule has 1 N–H and O–H groups in total. The van der Waals surface area contributed by atoms with Crippen LogP contribution in [0.25, 0.3) is 0 Å². The van der Waals surface area contributed by atoms with Gasteiger partial charge in [-0.1, -0.05) is 26.0 Å². The molecule has 0 aromatic heterocycles. The Hall–Kier alpha value is -1.49. The van der Waals surface area contributed by atoms with Crippen molar-refractivity contribution in [2.45, 2.75) is 26.1 Å². The number of amides is 2. The van der Waals surface area contributed by atoms with Gasteiger partial charge in [0.25, 0.3) is 11.8 Å². The van der Waals surface area contributed by atoms with Crippen molar-refractivity contribution in [3.63, 3.8) is 0 Å². The second-order valence-electron chi connectivity index (χ2n) is 5.38. The topological polar surface area (TPSA) is 83.9 Å². The largest absolute Gasteiger partial charge is 0.350 e. The third kappa shape index (κ3) is 2.79. The predicted octanol–water partition coefficient (Wildman–Crippen LogP) is 2.49. The highest BCUT2D eigenvalue weighted by molar-refractivity contribution is 7.53. The van der Waals surface area contributed by atoms with Crippen molar-refractivity contribution < 1.29 is 23.6 Å². The summed E-state index contributed by atoms with van der Waals surface area (Å²) in [6, 6.07) is 6.38. The summed E-state index contributed by atoms with van der Waals surface area (Å²) in [5.41, 5.74) is 0.514. The summed E-state index contributed by atoms with van der Waals surface area (Å²) in [6.45, 7) is 3.70. The zero-order valence-corrected chi connectivity index (χ0v) is 13.0. The molecule has 1 aromatic rings. The van der Waals surface area contributed by atoms with Crippen LogP contribution in [0.5, 0.6) is 0 Å². The molecule has 0 saturated carbocycles. The first-order valence-corrected chi connectivity index (χ1v) is 8.29. The van der Waals surface area contributed by atoms with E-state index in [-0.39, 0.29) is 23.5 Å². The first kappa shape index (κ1) is 15.9. The minimum absolute atomic E-state index is 0.0231. The van der Waals surface area contributed by atoms with Gasteiger partial charge in [-0.2, -0.15) is 0 Å². The van der Waals surface area contributed by atoms with Crippen LogP contribution in [-0.4, -0.2) is 34.5 Å². The van der Waals surface area contributed by atoms with Crippen LogP contribution in [0.2, 0.25) is 0 Å². The van der Waals surface area contributed by atoms with Crippen LogP contribution in [0.4, 0.5) is 0 Å². The summed E-state index contributed by atoms with van der Waals surface area (Å²) < 4.78 is 16.9. The maximum Gasteiger partial charge on any atom is 0.350 e. The molecule has 1 aliphatic rings. The Balaban J connectivity index is 2.46. The van der Waals surface area contributed by atoms with E-state index in [2.05, 4.69) is 4.52 Å². The Labute approximate surface area is 123 Å². The fraction of sp³-hybridized carbons (Fsp3) is 0.429. The SMILES string of the molecule is COP(=O)(O)C(CC(C)C)N1C(=O)c2ccccc2C1=O. The number of rotatable bonds is 5. The van der Waals surface area contributed by atoms with Crippen LogP contribution in [0.1, 0.15) is 41.0 Å². The fourth-order valence-electron chi connectivity index (χ4n) is 2.41. The Morgan fingerprint density at radius 3 is 2.05 bits per heavy atom. The van der Waals surface area contributed by atoms with E-state index in [1.54, 1.807) is 12.1 Å². The number of benzene rings is 1. The number of imide groups is 1. The van der Waals surface area contributed by atoms with Crippen LogP contribution in [0.3, 0.4) is 0 Å². The van der Waals surface area contributed by atoms with Crippen molar-refractivity contribution >= 4 is 19.4 Å². The molecule has 7 heteroatoms. The molecular formula is C14H18NO5P. The van der Waals surface area contributed by atoms with Gasteiger partial charge < -0.3 is 9.42 Å². The normalized spacial score (nSPS) is 18.8. The molecule has 0 spiro atoms. The maximum atomic E-state index is 12.4. The van der Waals surface area contributed by atoms with Crippen LogP contribution in [-0.2, 0) is 9.09 Å². The van der Waals surface area contributed by atoms with Crippen LogP contribution < -0.4 is 0 Å². The lowest BCUT2D eigenvalue weighted by atomic mass is 10.1. The average molecular weight is 311 g/mol. The third-order valence-corrected chi connectivity index (χ3v) is 5.16. The lowest BCUT2D eigenvalue weighted by molar-refractivity contribution is 0.0597. The van der Waals surface area contributed by atoms with E-state index >= 15 is 0 Å². The Kier molecular flexibility index (Phi) is 4.33. The van der Waals surface area contributed by atoms with Gasteiger partial charge in [0, 0.05) is 7.11 Å². The van der Waals surface area contributed by atoms with E-state index in [0.717, 1.165) is 12.0 Å². The molecule has 0 saturated heterocycles. The maximum absolute atomic E-state index is 12.4. The van der Waals surface area contributed by atoms with E-state index < -0.39 is 25.2 Å². The Morgan fingerprint density at radius 1 is 1.19 bits per heavy atom. The molecule has 0 radical (unpaired) electrons. The first-order valence-electron chi connectivity index (χ1n) is 6.64. The lowest BCUT2D eigenvalue weighted by Gasteiger charge is -2.29. The van der Waals surface area contributed by atoms with Crippen molar-refractivity contribution in [1.29, 1.82) is 0 Å². The van der Waals surface area contributed by atoms with Gasteiger partial charge in [0.2, 0.25) is 0 Å². The highest BCUT2D eigenvalue weighted by atomic mass is 31.2. The van der Waals surface area contributed by atoms with E-state index in [1.165, 1.54) is 12.1 Å². The second kappa shape index (κ2) is 5.72. The molecule has 0 fully saturated rings. The quantitative estimate of drug-likeness (QED) is 0.667. The number of carbonyl (C=O) groups is 2. The highest BCUT2D eigenvalue weighted by Gasteiger charge is 2.47. The van der Waals surface area contributed by atoms with Crippen molar-refractivity contribution in [2.75, 3.05) is 7.11 Å². The van der Waals surface area contributed by atoms with Crippen LogP contribution in [0.15, 0.2) is 24.3 Å². The second-order valence-corrected chi connectivity index (χ2v) is 7.47. The zero-order valence-electron chi connectivity index (χ0n) is 12.1. The molecular weight excluding hydrogens is 293 g/mol. The summed E-state index contributed by atoms with van der Waals surface area (Å²) in [5.74, 6) is -2.25. The zero-order chi connectivity index (χ0) is 15.8. The van der Waals surface area contributed by atoms with Crippen molar-refractivity contribution in [1.82, 2.24) is 4.90 Å². The first-order chi connectivity index (χ1) is 9.79. The van der Waals surface area contributed by atoms with Crippen LogP contribution >= 0.6 is 7.60 Å². The molecule has 0 aliphatic carbocycles. The van der Waals surface area contributed by atoms with E-state index in [4.69, 9.17) is 0 Å². The molecule has 1 aliphatic heterocycles. The van der Waals surface area contributed by atoms with Gasteiger partial charge in [-0.05, 0) is 24.5 Å². The van der Waals surface area contributed by atoms with Gasteiger partial charge in [0.05, 0.1) is 11.1 Å². The van der Waals surface area contributed by atoms with Gasteiger partial charge in [0.1, 0.15) is 5.78 Å². The van der Waals surface area contributed by atoms with E-state index in [9.17, 15) is 19.0 Å². The van der Waals surface area contributed by atoms with Crippen molar-refractivity contribution in [2.24, 2.45) is 5.92 Å². The van der Waals surface area contributed by atoms with E-state index in [0.29, 0.717) is 0 Å². The number of nitrogens with zero attached hydrogens (tertiary/aromatic N) is 1. The van der Waals surface area contributed by atoms with Gasteiger partial charge in [-0.25, -0.2) is 0 Å². The summed E-state index contributed by atoms with van der Waals surface area (Å²) in [4.78, 5) is 35.7. The molecule has 2 amide bonds. The summed E-state index contributed by atoms with van der Waals surface area (Å²) in [7, 11) is -3.00. The Bertz CT molecular complexity index is 593. The average Bonchev–Trinajstić information content (AvgIpc) is 2.69. The smallest absolute Gasteiger partial charge is 0.323 e. The van der Waals surface area contributed by atoms with Gasteiger partial charge in [-0.15, -0.1) is 0 Å². The molecule has 114 valence electrons. The molecule has 1 aromatic carbocycles. The molecule has 0 bridgehead atoms. The summed E-state index contributed by atoms with van der Waals surface area (Å²) in [5, 5.41) is 0. The van der Waals surface area contributed by atoms with E-state index in [1.807, 2.05) is 13.8 Å². The fourth-order valence-corrected chi connectivity index (χ4v) is 3.84. The third-order valence-electron chi connectivity index (χ3n) is 3.44. The van der Waals surface area contributed by atoms with Gasteiger partial charge in [-0.3, -0.25) is 19.1 Å². The molecule has 2 rings (SSSR count). The van der Waals surface area contributed by atoms with Crippen molar-refractivity contribution in [3.8, 4) is 0 Å². The lowest BCUT2D eigenvalue weighted by Crippen LogP contribution is -2.40. The number of hydrogen-bond acceptors (Lipinski definition) is 4. The number of carbonyl (C=O) groups excluding carboxylic acids is 2. The molecule has 1 heterocycles. The summed E-state index contributed by atoms with van der Waals surface area (Å²) >= 11 is 0. The molecule has 2 unspecified atom stereocenters. The van der Waals surface area contributed by atoms with Gasteiger partial charge >= 0.3 is 7.60 Å². The number of fused-ring (bicyclic) bond motifs is 1. The standard InChI is InChI=1S/C14H18NO5P/c1-9(2)8-12(21(18,19)20-3)15-13(16)10-6-4-5-7-11(10)14(15)17/h4-7,9,12H,8H2,1-3H3,(H,18,19). The van der Waals surface area contributed by atoms with Crippen molar-refractivity contribution in [3.05, 3.63) is 35.4 Å². The minimum Gasteiger partial charge on any atom is -0.323 e. The highest BCUT2D eigenvalue weighted by Crippen LogP contribution is 2.52. The molecule has 6 nitrogen and oxygen atoms in total. The Morgan fingerprint density at radius 2 is 1.67 bits per heavy atom. The number of hydrogen-bond donors (Lipinski definition) is 1. The minimum atomic E-state index is -4.11. The molecule has 21 heavy (non-hydrogen) atoms. The predicted molar refractivity (Wildman–Crippen MR) is 77.0 cm³/mol. The van der Waals surface area contributed by atoms with Gasteiger partial charge in [0.15, 0.2) is 0 Å². The monoisotopic (exact) mass is 311 g/mol. The van der Waals surface area contributed by atoms with Crippen LogP contribution in [0, 0.1) is 5.92 Å².